The van der Waals surface area contributed by atoms with Gasteiger partial charge in [-0.25, -0.2) is 0 Å². The maximum absolute atomic E-state index is 4.00. The molecule has 1 heterocycles. The number of hydrogen-bond donors (Lipinski definition) is 0. The minimum absolute atomic E-state index is 0.500. The van der Waals surface area contributed by atoms with Crippen LogP contribution < -0.4 is 0 Å². The van der Waals surface area contributed by atoms with Crippen LogP contribution >= 0.6 is 0 Å². The highest BCUT2D eigenvalue weighted by Crippen LogP contribution is 2.24. The lowest BCUT2D eigenvalue weighted by molar-refractivity contribution is 0.195. The average Bonchev–Trinajstić information content (AvgIpc) is 2.07. The molecule has 1 aliphatic heterocycles. The predicted octanol–water partition coefficient (Wildman–Crippen LogP) is 1.11. The second-order valence-electron chi connectivity index (χ2n) is 3.08. The van der Waals surface area contributed by atoms with Crippen LogP contribution in [0, 0.1) is 0 Å². The van der Waals surface area contributed by atoms with Gasteiger partial charge in [-0.3, -0.25) is 4.90 Å². The van der Waals surface area contributed by atoms with Crippen LogP contribution in [0.2, 0.25) is 0 Å². The van der Waals surface area contributed by atoms with Gasteiger partial charge in [0.15, 0.2) is 0 Å². The summed E-state index contributed by atoms with van der Waals surface area (Å²) in [5.41, 5.74) is 1.22. The Morgan fingerprint density at radius 3 is 1.90 bits per heavy atom. The molecule has 2 heteroatoms. The van der Waals surface area contributed by atoms with Crippen molar-refractivity contribution in [2.45, 2.75) is 26.1 Å². The quantitative estimate of drug-likeness (QED) is 0.497. The van der Waals surface area contributed by atoms with E-state index >= 15 is 0 Å². The summed E-state index contributed by atoms with van der Waals surface area (Å²) < 4.78 is 0. The van der Waals surface area contributed by atoms with Crippen LogP contribution in [0.1, 0.15) is 13.8 Å². The highest BCUT2D eigenvalue weighted by Gasteiger charge is 2.30. The first-order valence-electron chi connectivity index (χ1n) is 3.69. The van der Waals surface area contributed by atoms with E-state index in [0.717, 1.165) is 0 Å². The van der Waals surface area contributed by atoms with Crippen molar-refractivity contribution >= 4 is 0 Å². The lowest BCUT2D eigenvalue weighted by Gasteiger charge is -2.21. The number of nitrogens with zero attached hydrogens (tertiary/aromatic N) is 2. The predicted molar refractivity (Wildman–Crippen MR) is 43.6 cm³/mol. The van der Waals surface area contributed by atoms with Crippen LogP contribution in [0.3, 0.4) is 0 Å². The molecule has 58 valence electrons. The molecule has 0 saturated carbocycles. The molecule has 0 spiro atoms. The highest BCUT2D eigenvalue weighted by molar-refractivity contribution is 5.09. The van der Waals surface area contributed by atoms with Crippen LogP contribution in [0.4, 0.5) is 0 Å². The number of rotatable bonds is 0. The Labute approximate surface area is 63.1 Å². The number of hydrogen-bond acceptors (Lipinski definition) is 2. The maximum atomic E-state index is 4.00. The summed E-state index contributed by atoms with van der Waals surface area (Å²) in [6.45, 7) is 8.37. The zero-order valence-electron chi connectivity index (χ0n) is 7.26. The van der Waals surface area contributed by atoms with Gasteiger partial charge >= 0.3 is 0 Å². The smallest absolute Gasteiger partial charge is 0.0789 e. The molecule has 1 fully saturated rings. The molecule has 2 nitrogen and oxygen atoms in total. The highest BCUT2D eigenvalue weighted by atomic mass is 15.4. The molecule has 0 aromatic heterocycles. The SMILES string of the molecule is C=C1C(C)N(C)C(C)N1C. The summed E-state index contributed by atoms with van der Waals surface area (Å²) in [4.78, 5) is 4.52. The monoisotopic (exact) mass is 140 g/mol. The average molecular weight is 140 g/mol. The molecule has 1 saturated heterocycles. The third-order valence-electron chi connectivity index (χ3n) is 2.70. The van der Waals surface area contributed by atoms with Crippen molar-refractivity contribution in [2.75, 3.05) is 14.1 Å². The third kappa shape index (κ3) is 0.833. The van der Waals surface area contributed by atoms with E-state index < -0.39 is 0 Å². The molecule has 0 bridgehead atoms. The summed E-state index contributed by atoms with van der Waals surface area (Å²) in [6, 6.07) is 0.500. The summed E-state index contributed by atoms with van der Waals surface area (Å²) in [7, 11) is 4.22. The van der Waals surface area contributed by atoms with Gasteiger partial charge in [-0.2, -0.15) is 0 Å². The fourth-order valence-corrected chi connectivity index (χ4v) is 1.37. The van der Waals surface area contributed by atoms with Crippen LogP contribution in [0.25, 0.3) is 0 Å². The van der Waals surface area contributed by atoms with E-state index in [2.05, 4.69) is 44.3 Å². The fourth-order valence-electron chi connectivity index (χ4n) is 1.37. The van der Waals surface area contributed by atoms with Gasteiger partial charge < -0.3 is 4.90 Å². The van der Waals surface area contributed by atoms with Crippen molar-refractivity contribution in [3.8, 4) is 0 Å². The van der Waals surface area contributed by atoms with E-state index in [9.17, 15) is 0 Å². The normalized spacial score (nSPS) is 35.6. The van der Waals surface area contributed by atoms with E-state index in [1.165, 1.54) is 5.70 Å². The molecular formula is C8H16N2. The molecule has 10 heavy (non-hydrogen) atoms. The molecule has 2 unspecified atom stereocenters. The Hall–Kier alpha value is -0.500. The first-order valence-corrected chi connectivity index (χ1v) is 3.69. The van der Waals surface area contributed by atoms with E-state index in [1.54, 1.807) is 0 Å². The molecule has 2 atom stereocenters. The van der Waals surface area contributed by atoms with Gasteiger partial charge in [0, 0.05) is 18.8 Å². The lowest BCUT2D eigenvalue weighted by atomic mass is 10.3. The van der Waals surface area contributed by atoms with Crippen molar-refractivity contribution in [3.05, 3.63) is 12.3 Å². The second-order valence-corrected chi connectivity index (χ2v) is 3.08. The molecule has 0 aliphatic carbocycles. The third-order valence-corrected chi connectivity index (χ3v) is 2.70. The Morgan fingerprint density at radius 2 is 1.80 bits per heavy atom. The summed E-state index contributed by atoms with van der Waals surface area (Å²) in [5.74, 6) is 0. The second kappa shape index (κ2) is 2.27. The molecule has 0 aromatic carbocycles. The number of likely N-dealkylation sites (N-methyl/N-ethyl adjacent to an activating group) is 2. The Morgan fingerprint density at radius 1 is 1.30 bits per heavy atom. The first-order chi connectivity index (χ1) is 4.55. The molecule has 0 aromatic rings. The zero-order chi connectivity index (χ0) is 7.89. The minimum Gasteiger partial charge on any atom is -0.362 e. The van der Waals surface area contributed by atoms with Crippen molar-refractivity contribution in [1.29, 1.82) is 0 Å². The topological polar surface area (TPSA) is 6.48 Å². The summed E-state index contributed by atoms with van der Waals surface area (Å²) in [5, 5.41) is 0. The fraction of sp³-hybridized carbons (Fsp3) is 0.750. The zero-order valence-corrected chi connectivity index (χ0v) is 7.26. The van der Waals surface area contributed by atoms with Gasteiger partial charge in [-0.15, -0.1) is 0 Å². The van der Waals surface area contributed by atoms with Crippen LogP contribution in [0.5, 0.6) is 0 Å². The first kappa shape index (κ1) is 7.61. The van der Waals surface area contributed by atoms with E-state index in [0.29, 0.717) is 12.2 Å². The van der Waals surface area contributed by atoms with E-state index in [-0.39, 0.29) is 0 Å². The van der Waals surface area contributed by atoms with Gasteiger partial charge in [-0.1, -0.05) is 6.58 Å². The van der Waals surface area contributed by atoms with Crippen molar-refractivity contribution < 1.29 is 0 Å². The lowest BCUT2D eigenvalue weighted by Crippen LogP contribution is -2.32. The molecular weight excluding hydrogens is 124 g/mol. The van der Waals surface area contributed by atoms with Crippen molar-refractivity contribution in [2.24, 2.45) is 0 Å². The standard InChI is InChI=1S/C8H16N2/c1-6-7(2)10(5)8(3)9(6)4/h7-8H,1H2,2-5H3. The minimum atomic E-state index is 0.500. The Bertz CT molecular complexity index is 137. The summed E-state index contributed by atoms with van der Waals surface area (Å²) in [6.07, 6.45) is 0.502. The van der Waals surface area contributed by atoms with E-state index in [1.807, 2.05) is 0 Å². The van der Waals surface area contributed by atoms with E-state index in [4.69, 9.17) is 0 Å². The molecule has 1 rings (SSSR count). The van der Waals surface area contributed by atoms with Crippen molar-refractivity contribution in [3.63, 3.8) is 0 Å². The molecule has 0 amide bonds. The van der Waals surface area contributed by atoms with Gasteiger partial charge in [-0.05, 0) is 20.9 Å². The van der Waals surface area contributed by atoms with Crippen molar-refractivity contribution in [1.82, 2.24) is 9.80 Å². The molecule has 1 aliphatic rings. The Balaban J connectivity index is 2.78. The molecule has 0 N–H and O–H groups in total. The van der Waals surface area contributed by atoms with Gasteiger partial charge in [0.25, 0.3) is 0 Å². The summed E-state index contributed by atoms with van der Waals surface area (Å²) >= 11 is 0. The largest absolute Gasteiger partial charge is 0.362 e. The van der Waals surface area contributed by atoms with Crippen LogP contribution in [-0.2, 0) is 0 Å². The maximum Gasteiger partial charge on any atom is 0.0789 e. The van der Waals surface area contributed by atoms with Gasteiger partial charge in [0.05, 0.1) is 6.17 Å². The van der Waals surface area contributed by atoms with Gasteiger partial charge in [0.1, 0.15) is 0 Å². The van der Waals surface area contributed by atoms with Crippen LogP contribution in [-0.4, -0.2) is 36.1 Å². The van der Waals surface area contributed by atoms with Gasteiger partial charge in [0.2, 0.25) is 0 Å². The van der Waals surface area contributed by atoms with Crippen LogP contribution in [0.15, 0.2) is 12.3 Å². The Kier molecular flexibility index (Phi) is 1.73. The molecule has 0 radical (unpaired) electrons.